The molecule has 14 heavy (non-hydrogen) atoms. The molecule has 0 heterocycles. The van der Waals surface area contributed by atoms with Crippen LogP contribution in [-0.2, 0) is 0 Å². The summed E-state index contributed by atoms with van der Waals surface area (Å²) in [6, 6.07) is 5.74. The first-order valence-corrected chi connectivity index (χ1v) is 4.22. The second-order valence-electron chi connectivity index (χ2n) is 3.45. The molecule has 2 nitrogen and oxygen atoms in total. The van der Waals surface area contributed by atoms with E-state index in [2.05, 4.69) is 0 Å². The Labute approximate surface area is 79.2 Å². The monoisotopic (exact) mass is 198 g/mol. The van der Waals surface area contributed by atoms with Gasteiger partial charge in [-0.05, 0) is 17.7 Å². The third kappa shape index (κ3) is 1.47. The van der Waals surface area contributed by atoms with Crippen molar-refractivity contribution in [2.45, 2.75) is 18.3 Å². The van der Waals surface area contributed by atoms with Crippen molar-refractivity contribution in [3.05, 3.63) is 35.4 Å². The van der Waals surface area contributed by atoms with E-state index in [4.69, 9.17) is 5.11 Å². The molecule has 0 spiro atoms. The first-order chi connectivity index (χ1) is 6.50. The van der Waals surface area contributed by atoms with Gasteiger partial charge in [0, 0.05) is 6.42 Å². The van der Waals surface area contributed by atoms with Crippen LogP contribution in [0.3, 0.4) is 0 Å². The van der Waals surface area contributed by atoms with Crippen LogP contribution in [0.15, 0.2) is 24.3 Å². The van der Waals surface area contributed by atoms with E-state index in [1.165, 1.54) is 24.3 Å². The number of hydrogen-bond acceptors (Lipinski definition) is 1. The van der Waals surface area contributed by atoms with E-state index in [0.29, 0.717) is 5.56 Å². The molecular weight excluding hydrogens is 190 g/mol. The number of carboxylic acid groups (broad SMARTS) is 1. The van der Waals surface area contributed by atoms with Crippen LogP contribution in [0.2, 0.25) is 0 Å². The van der Waals surface area contributed by atoms with Crippen molar-refractivity contribution in [1.29, 1.82) is 0 Å². The minimum atomic E-state index is -2.64. The maximum atomic E-state index is 12.7. The van der Waals surface area contributed by atoms with Crippen LogP contribution in [-0.4, -0.2) is 17.0 Å². The van der Waals surface area contributed by atoms with Crippen molar-refractivity contribution in [2.75, 3.05) is 0 Å². The first kappa shape index (κ1) is 9.12. The highest BCUT2D eigenvalue weighted by Crippen LogP contribution is 2.55. The summed E-state index contributed by atoms with van der Waals surface area (Å²) in [7, 11) is 0. The number of benzene rings is 1. The van der Waals surface area contributed by atoms with E-state index in [-0.39, 0.29) is 12.0 Å². The number of rotatable bonds is 2. The Morgan fingerprint density at radius 1 is 1.50 bits per heavy atom. The van der Waals surface area contributed by atoms with Crippen LogP contribution in [0, 0.1) is 0 Å². The Hall–Kier alpha value is -1.45. The maximum absolute atomic E-state index is 12.7. The molecule has 1 N–H and O–H groups in total. The van der Waals surface area contributed by atoms with Crippen LogP contribution in [0.1, 0.15) is 28.3 Å². The topological polar surface area (TPSA) is 37.3 Å². The van der Waals surface area contributed by atoms with Crippen molar-refractivity contribution in [3.63, 3.8) is 0 Å². The zero-order chi connectivity index (χ0) is 10.3. The van der Waals surface area contributed by atoms with Crippen molar-refractivity contribution in [1.82, 2.24) is 0 Å². The minimum Gasteiger partial charge on any atom is -0.478 e. The fraction of sp³-hybridized carbons (Fsp3) is 0.300. The third-order valence-electron chi connectivity index (χ3n) is 2.36. The molecule has 0 saturated heterocycles. The summed E-state index contributed by atoms with van der Waals surface area (Å²) in [6.07, 6.45) is -0.171. The van der Waals surface area contributed by atoms with Gasteiger partial charge in [0.25, 0.3) is 5.92 Å². The van der Waals surface area contributed by atoms with E-state index >= 15 is 0 Å². The normalized spacial score (nSPS) is 23.1. The van der Waals surface area contributed by atoms with Gasteiger partial charge in [-0.15, -0.1) is 0 Å². The van der Waals surface area contributed by atoms with Crippen LogP contribution < -0.4 is 0 Å². The summed E-state index contributed by atoms with van der Waals surface area (Å²) in [5, 5.41) is 8.65. The molecule has 1 aromatic carbocycles. The van der Waals surface area contributed by atoms with E-state index in [1.54, 1.807) is 0 Å². The number of alkyl halides is 2. The van der Waals surface area contributed by atoms with Crippen LogP contribution in [0.5, 0.6) is 0 Å². The minimum absolute atomic E-state index is 0.0604. The molecule has 2 rings (SSSR count). The molecule has 1 atom stereocenters. The van der Waals surface area contributed by atoms with Crippen molar-refractivity contribution >= 4 is 5.97 Å². The fourth-order valence-corrected chi connectivity index (χ4v) is 1.46. The van der Waals surface area contributed by atoms with Gasteiger partial charge in [0.2, 0.25) is 0 Å². The van der Waals surface area contributed by atoms with Crippen molar-refractivity contribution in [2.24, 2.45) is 0 Å². The zero-order valence-corrected chi connectivity index (χ0v) is 7.21. The van der Waals surface area contributed by atoms with Crippen LogP contribution in [0.25, 0.3) is 0 Å². The van der Waals surface area contributed by atoms with E-state index in [1.807, 2.05) is 0 Å². The predicted molar refractivity (Wildman–Crippen MR) is 45.7 cm³/mol. The standard InChI is InChI=1S/C10H8F2O2/c11-10(12)5-8(10)6-2-1-3-7(4-6)9(13)14/h1-4,8H,5H2,(H,13,14). The van der Waals surface area contributed by atoms with Gasteiger partial charge < -0.3 is 5.11 Å². The summed E-state index contributed by atoms with van der Waals surface area (Å²) in [4.78, 5) is 10.6. The molecule has 0 amide bonds. The van der Waals surface area contributed by atoms with Crippen LogP contribution >= 0.6 is 0 Å². The number of carboxylic acids is 1. The molecule has 0 aromatic heterocycles. The molecule has 1 fully saturated rings. The van der Waals surface area contributed by atoms with Gasteiger partial charge in [0.05, 0.1) is 11.5 Å². The molecular formula is C10H8F2O2. The highest BCUT2D eigenvalue weighted by atomic mass is 19.3. The molecule has 1 aliphatic carbocycles. The predicted octanol–water partition coefficient (Wildman–Crippen LogP) is 2.51. The van der Waals surface area contributed by atoms with E-state index < -0.39 is 17.8 Å². The average molecular weight is 198 g/mol. The Balaban J connectivity index is 2.28. The second-order valence-corrected chi connectivity index (χ2v) is 3.45. The Bertz CT molecular complexity index is 387. The molecule has 1 saturated carbocycles. The van der Waals surface area contributed by atoms with Gasteiger partial charge in [-0.2, -0.15) is 0 Å². The Morgan fingerprint density at radius 2 is 2.14 bits per heavy atom. The lowest BCUT2D eigenvalue weighted by atomic mass is 10.1. The summed E-state index contributed by atoms with van der Waals surface area (Å²) in [5.74, 6) is -4.52. The maximum Gasteiger partial charge on any atom is 0.335 e. The van der Waals surface area contributed by atoms with Gasteiger partial charge >= 0.3 is 5.97 Å². The molecule has 74 valence electrons. The van der Waals surface area contributed by atoms with Crippen molar-refractivity contribution in [3.8, 4) is 0 Å². The molecule has 1 aliphatic rings. The van der Waals surface area contributed by atoms with E-state index in [0.717, 1.165) is 0 Å². The summed E-state index contributed by atoms with van der Waals surface area (Å²) < 4.78 is 25.3. The van der Waals surface area contributed by atoms with Gasteiger partial charge in [-0.3, -0.25) is 0 Å². The second kappa shape index (κ2) is 2.77. The molecule has 1 unspecified atom stereocenters. The zero-order valence-electron chi connectivity index (χ0n) is 7.21. The number of carbonyl (C=O) groups is 1. The smallest absolute Gasteiger partial charge is 0.335 e. The largest absolute Gasteiger partial charge is 0.478 e. The highest BCUT2D eigenvalue weighted by molar-refractivity contribution is 5.87. The lowest BCUT2D eigenvalue weighted by Gasteiger charge is -2.00. The van der Waals surface area contributed by atoms with Gasteiger partial charge in [-0.1, -0.05) is 12.1 Å². The summed E-state index contributed by atoms with van der Waals surface area (Å²) in [6.45, 7) is 0. The highest BCUT2D eigenvalue weighted by Gasteiger charge is 2.57. The van der Waals surface area contributed by atoms with Crippen molar-refractivity contribution < 1.29 is 18.7 Å². The SMILES string of the molecule is O=C(O)c1cccc(C2CC2(F)F)c1. The van der Waals surface area contributed by atoms with Gasteiger partial charge in [0.15, 0.2) is 0 Å². The molecule has 0 aliphatic heterocycles. The molecule has 4 heteroatoms. The quantitative estimate of drug-likeness (QED) is 0.792. The molecule has 1 aromatic rings. The summed E-state index contributed by atoms with van der Waals surface area (Å²) >= 11 is 0. The fourth-order valence-electron chi connectivity index (χ4n) is 1.46. The average Bonchev–Trinajstić information content (AvgIpc) is 2.75. The Morgan fingerprint density at radius 3 is 2.64 bits per heavy atom. The summed E-state index contributed by atoms with van der Waals surface area (Å²) in [5.41, 5.74) is 0.472. The first-order valence-electron chi connectivity index (χ1n) is 4.22. The van der Waals surface area contributed by atoms with Crippen LogP contribution in [0.4, 0.5) is 8.78 Å². The Kier molecular flexibility index (Phi) is 1.80. The van der Waals surface area contributed by atoms with Gasteiger partial charge in [-0.25, -0.2) is 13.6 Å². The molecule has 0 radical (unpaired) electrons. The van der Waals surface area contributed by atoms with E-state index in [9.17, 15) is 13.6 Å². The molecule has 0 bridgehead atoms. The number of halogens is 2. The number of aromatic carboxylic acids is 1. The lowest BCUT2D eigenvalue weighted by Crippen LogP contribution is -1.98. The number of hydrogen-bond donors (Lipinski definition) is 1. The lowest BCUT2D eigenvalue weighted by molar-refractivity contribution is 0.0696. The van der Waals surface area contributed by atoms with Gasteiger partial charge in [0.1, 0.15) is 0 Å². The third-order valence-corrected chi connectivity index (χ3v) is 2.36.